The van der Waals surface area contributed by atoms with E-state index < -0.39 is 51.4 Å². The van der Waals surface area contributed by atoms with Gasteiger partial charge in [-0.2, -0.15) is 15.1 Å². The number of aromatic nitrogens is 4. The molecule has 202 valence electrons. The predicted octanol–water partition coefficient (Wildman–Crippen LogP) is 2.76. The van der Waals surface area contributed by atoms with Crippen LogP contribution < -0.4 is 5.32 Å². The molecule has 1 aliphatic rings. The van der Waals surface area contributed by atoms with Crippen molar-refractivity contribution in [1.82, 2.24) is 19.7 Å². The molecule has 1 aromatic carbocycles. The van der Waals surface area contributed by atoms with Gasteiger partial charge in [0.1, 0.15) is 11.9 Å². The van der Waals surface area contributed by atoms with Gasteiger partial charge in [-0.15, -0.1) is 0 Å². The van der Waals surface area contributed by atoms with Crippen LogP contribution >= 0.6 is 38.4 Å². The number of anilines is 1. The third-order valence-electron chi connectivity index (χ3n) is 6.30. The van der Waals surface area contributed by atoms with E-state index in [-0.39, 0.29) is 17.4 Å². The monoisotopic (exact) mass is 595 g/mol. The Kier molecular flexibility index (Phi) is 8.05. The molecule has 0 bridgehead atoms. The molecule has 37 heavy (non-hydrogen) atoms. The van der Waals surface area contributed by atoms with Gasteiger partial charge < -0.3 is 34.7 Å². The fourth-order valence-electron chi connectivity index (χ4n) is 4.34. The number of nitrogens with zero attached hydrogens (tertiary/aromatic N) is 4. The molecule has 0 saturated heterocycles. The zero-order chi connectivity index (χ0) is 27.2. The number of hydrogen-bond acceptors (Lipinski definition) is 9. The maximum atomic E-state index is 12.1. The molecule has 3 aromatic rings. The van der Waals surface area contributed by atoms with Gasteiger partial charge in [-0.3, -0.25) is 9.13 Å². The molecule has 1 aliphatic carbocycles. The SMILES string of the molecule is C[C@@]1(O)[C@@H](COP(=O)(O)CP(=O)(O)O)C[C@@H](n2ncc3c(NCc4ccccc4Cl)nc(Cl)nc32)[C@@H]1O. The first-order valence-corrected chi connectivity index (χ1v) is 15.3. The minimum Gasteiger partial charge on any atom is -0.388 e. The van der Waals surface area contributed by atoms with Gasteiger partial charge >= 0.3 is 15.2 Å². The first kappa shape index (κ1) is 28.4. The summed E-state index contributed by atoms with van der Waals surface area (Å²) in [4.78, 5) is 36.2. The standard InChI is InChI=1S/C20H25Cl2N5O8P2/c1-20(29)12(9-35-37(33,34)10-36(30,31)32)6-15(16(20)28)27-18-13(8-24-27)17(25-19(22)26-18)23-7-11-4-2-3-5-14(11)21/h2-5,8,12,15-16,28-29H,6-7,9-10H2,1H3,(H,33,34)(H,23,25,26)(H2,30,31,32)/t12-,15-,16+,20-/m1/s1. The first-order valence-electron chi connectivity index (χ1n) is 11.0. The van der Waals surface area contributed by atoms with Crippen LogP contribution in [0.1, 0.15) is 24.9 Å². The first-order chi connectivity index (χ1) is 17.2. The van der Waals surface area contributed by atoms with Gasteiger partial charge in [-0.25, -0.2) is 4.68 Å². The quantitative estimate of drug-likeness (QED) is 0.156. The molecule has 5 atom stereocenters. The second-order valence-electron chi connectivity index (χ2n) is 9.02. The van der Waals surface area contributed by atoms with Crippen LogP contribution in [0.25, 0.3) is 11.0 Å². The van der Waals surface area contributed by atoms with Gasteiger partial charge in [0.25, 0.3) is 0 Å². The van der Waals surface area contributed by atoms with E-state index in [0.717, 1.165) is 5.56 Å². The summed E-state index contributed by atoms with van der Waals surface area (Å²) in [5.74, 6) is -1.86. The van der Waals surface area contributed by atoms with E-state index in [4.69, 9.17) is 37.5 Å². The number of nitrogens with one attached hydrogen (secondary N) is 1. The highest BCUT2D eigenvalue weighted by Gasteiger charge is 2.52. The van der Waals surface area contributed by atoms with Crippen molar-refractivity contribution in [1.29, 1.82) is 0 Å². The maximum absolute atomic E-state index is 12.1. The Morgan fingerprint density at radius 2 is 1.92 bits per heavy atom. The van der Waals surface area contributed by atoms with E-state index in [1.165, 1.54) is 17.8 Å². The van der Waals surface area contributed by atoms with E-state index in [9.17, 15) is 24.2 Å². The van der Waals surface area contributed by atoms with Crippen molar-refractivity contribution in [3.05, 3.63) is 46.3 Å². The fourth-order valence-corrected chi connectivity index (χ4v) is 7.31. The normalized spacial score (nSPS) is 25.9. The minimum absolute atomic E-state index is 0.0465. The van der Waals surface area contributed by atoms with Gasteiger partial charge in [0.05, 0.1) is 29.8 Å². The Morgan fingerprint density at radius 3 is 2.59 bits per heavy atom. The van der Waals surface area contributed by atoms with E-state index in [0.29, 0.717) is 22.8 Å². The second kappa shape index (κ2) is 10.5. The van der Waals surface area contributed by atoms with E-state index >= 15 is 0 Å². The number of rotatable bonds is 9. The van der Waals surface area contributed by atoms with Crippen LogP contribution in [0.4, 0.5) is 5.82 Å². The minimum atomic E-state index is -4.81. The topological polar surface area (TPSA) is 200 Å². The molecule has 17 heteroatoms. The van der Waals surface area contributed by atoms with Gasteiger partial charge in [0, 0.05) is 17.5 Å². The molecule has 2 heterocycles. The number of fused-ring (bicyclic) bond motifs is 1. The number of aliphatic hydroxyl groups is 2. The number of benzene rings is 1. The Bertz CT molecular complexity index is 1400. The Labute approximate surface area is 221 Å². The fraction of sp³-hybridized carbons (Fsp3) is 0.450. The summed E-state index contributed by atoms with van der Waals surface area (Å²) in [6, 6.07) is 6.44. The Morgan fingerprint density at radius 1 is 1.22 bits per heavy atom. The lowest BCUT2D eigenvalue weighted by molar-refractivity contribution is -0.0832. The zero-order valence-corrected chi connectivity index (χ0v) is 22.6. The molecule has 0 spiro atoms. The second-order valence-corrected chi connectivity index (χ2v) is 13.8. The van der Waals surface area contributed by atoms with Crippen LogP contribution in [-0.4, -0.2) is 68.9 Å². The van der Waals surface area contributed by atoms with Crippen molar-refractivity contribution in [2.24, 2.45) is 5.92 Å². The summed E-state index contributed by atoms with van der Waals surface area (Å²) in [7, 11) is -9.46. The highest BCUT2D eigenvalue weighted by Crippen LogP contribution is 2.56. The molecular weight excluding hydrogens is 571 g/mol. The summed E-state index contributed by atoms with van der Waals surface area (Å²) in [6.45, 7) is 1.14. The molecule has 2 aromatic heterocycles. The van der Waals surface area contributed by atoms with E-state index in [2.05, 4.69) is 20.4 Å². The van der Waals surface area contributed by atoms with Crippen LogP contribution in [0.3, 0.4) is 0 Å². The van der Waals surface area contributed by atoms with Crippen LogP contribution in [0.5, 0.6) is 0 Å². The Hall–Kier alpha value is -1.63. The molecule has 0 aliphatic heterocycles. The summed E-state index contributed by atoms with van der Waals surface area (Å²) < 4.78 is 29.4. The number of halogens is 2. The predicted molar refractivity (Wildman–Crippen MR) is 136 cm³/mol. The van der Waals surface area contributed by atoms with Gasteiger partial charge in [-0.1, -0.05) is 29.8 Å². The molecule has 0 radical (unpaired) electrons. The molecule has 13 nitrogen and oxygen atoms in total. The molecule has 0 amide bonds. The molecular formula is C20H25Cl2N5O8P2. The largest absolute Gasteiger partial charge is 0.388 e. The highest BCUT2D eigenvalue weighted by molar-refractivity contribution is 7.70. The van der Waals surface area contributed by atoms with Crippen molar-refractivity contribution in [2.45, 2.75) is 37.6 Å². The summed E-state index contributed by atoms with van der Waals surface area (Å²) in [5, 5.41) is 30.3. The molecule has 1 saturated carbocycles. The van der Waals surface area contributed by atoms with Crippen LogP contribution in [0.2, 0.25) is 10.3 Å². The van der Waals surface area contributed by atoms with Gasteiger partial charge in [-0.05, 0) is 36.6 Å². The molecule has 6 N–H and O–H groups in total. The van der Waals surface area contributed by atoms with E-state index in [1.54, 1.807) is 6.07 Å². The van der Waals surface area contributed by atoms with Crippen molar-refractivity contribution in [3.8, 4) is 0 Å². The highest BCUT2D eigenvalue weighted by atomic mass is 35.5. The van der Waals surface area contributed by atoms with Crippen molar-refractivity contribution in [2.75, 3.05) is 17.8 Å². The summed E-state index contributed by atoms with van der Waals surface area (Å²) in [5.41, 5.74) is -0.686. The molecule has 1 fully saturated rings. The van der Waals surface area contributed by atoms with E-state index in [1.807, 2.05) is 18.2 Å². The lowest BCUT2D eigenvalue weighted by atomic mass is 9.92. The zero-order valence-electron chi connectivity index (χ0n) is 19.3. The van der Waals surface area contributed by atoms with Gasteiger partial charge in [0.15, 0.2) is 11.6 Å². The van der Waals surface area contributed by atoms with Crippen LogP contribution in [0, 0.1) is 5.92 Å². The smallest absolute Gasteiger partial charge is 0.340 e. The average Bonchev–Trinajstić information content (AvgIpc) is 3.28. The lowest BCUT2D eigenvalue weighted by Gasteiger charge is -2.29. The van der Waals surface area contributed by atoms with Gasteiger partial charge in [0.2, 0.25) is 5.28 Å². The number of hydrogen-bond donors (Lipinski definition) is 6. The Balaban J connectivity index is 1.57. The summed E-state index contributed by atoms with van der Waals surface area (Å²) in [6.07, 6.45) is 0.135. The molecule has 4 rings (SSSR count). The van der Waals surface area contributed by atoms with Crippen molar-refractivity contribution in [3.63, 3.8) is 0 Å². The third kappa shape index (κ3) is 6.34. The summed E-state index contributed by atoms with van der Waals surface area (Å²) >= 11 is 12.4. The van der Waals surface area contributed by atoms with Crippen molar-refractivity contribution >= 4 is 55.2 Å². The average molecular weight is 596 g/mol. The van der Waals surface area contributed by atoms with Crippen molar-refractivity contribution < 1.29 is 38.5 Å². The van der Waals surface area contributed by atoms with Crippen LogP contribution in [-0.2, 0) is 20.2 Å². The lowest BCUT2D eigenvalue weighted by Crippen LogP contribution is -2.43. The third-order valence-corrected chi connectivity index (χ3v) is 10.3. The maximum Gasteiger partial charge on any atom is 0.340 e. The van der Waals surface area contributed by atoms with Crippen LogP contribution in [0.15, 0.2) is 30.5 Å². The number of aliphatic hydroxyl groups excluding tert-OH is 1. The molecule has 1 unspecified atom stereocenters.